The third-order valence-corrected chi connectivity index (χ3v) is 3.68. The second kappa shape index (κ2) is 6.43. The normalized spacial score (nSPS) is 11.9. The SMILES string of the molecule is CCOC(=O)c1ccc(NC(C)c2ccsc2)c(N)c1. The van der Waals surface area contributed by atoms with Crippen molar-refractivity contribution in [1.82, 2.24) is 0 Å². The fraction of sp³-hybridized carbons (Fsp3) is 0.267. The molecule has 0 aliphatic carbocycles. The summed E-state index contributed by atoms with van der Waals surface area (Å²) in [5.41, 5.74) is 9.03. The molecule has 2 aromatic rings. The summed E-state index contributed by atoms with van der Waals surface area (Å²) in [4.78, 5) is 11.6. The lowest BCUT2D eigenvalue weighted by atomic mass is 10.1. The lowest BCUT2D eigenvalue weighted by molar-refractivity contribution is 0.0526. The highest BCUT2D eigenvalue weighted by molar-refractivity contribution is 7.07. The van der Waals surface area contributed by atoms with Crippen LogP contribution in [0.4, 0.5) is 11.4 Å². The molecule has 0 radical (unpaired) electrons. The average Bonchev–Trinajstić information content (AvgIpc) is 2.95. The number of nitrogens with one attached hydrogen (secondary N) is 1. The summed E-state index contributed by atoms with van der Waals surface area (Å²) in [6.07, 6.45) is 0. The number of benzene rings is 1. The molecule has 1 aromatic heterocycles. The molecule has 106 valence electrons. The molecule has 1 atom stereocenters. The Kier molecular flexibility index (Phi) is 4.63. The number of nitrogens with two attached hydrogens (primary N) is 1. The fourth-order valence-corrected chi connectivity index (χ4v) is 2.63. The molecule has 0 aliphatic heterocycles. The minimum Gasteiger partial charge on any atom is -0.462 e. The van der Waals surface area contributed by atoms with Gasteiger partial charge in [-0.05, 0) is 54.4 Å². The standard InChI is InChI=1S/C15H18N2O2S/c1-3-19-15(18)11-4-5-14(13(16)8-11)17-10(2)12-6-7-20-9-12/h4-10,17H,3,16H2,1-2H3. The van der Waals surface area contributed by atoms with E-state index in [0.29, 0.717) is 17.9 Å². The van der Waals surface area contributed by atoms with E-state index in [1.54, 1.807) is 30.4 Å². The van der Waals surface area contributed by atoms with Crippen LogP contribution in [-0.4, -0.2) is 12.6 Å². The molecule has 3 N–H and O–H groups in total. The number of hydrogen-bond donors (Lipinski definition) is 2. The maximum absolute atomic E-state index is 11.6. The average molecular weight is 290 g/mol. The van der Waals surface area contributed by atoms with Crippen LogP contribution in [0.15, 0.2) is 35.0 Å². The molecule has 20 heavy (non-hydrogen) atoms. The van der Waals surface area contributed by atoms with Gasteiger partial charge in [0.15, 0.2) is 0 Å². The van der Waals surface area contributed by atoms with Crippen LogP contribution < -0.4 is 11.1 Å². The molecule has 0 aliphatic rings. The van der Waals surface area contributed by atoms with Crippen LogP contribution in [-0.2, 0) is 4.74 Å². The van der Waals surface area contributed by atoms with E-state index in [1.807, 2.05) is 11.4 Å². The third-order valence-electron chi connectivity index (χ3n) is 2.98. The molecule has 1 heterocycles. The van der Waals surface area contributed by atoms with E-state index in [0.717, 1.165) is 5.69 Å². The van der Waals surface area contributed by atoms with Crippen molar-refractivity contribution in [1.29, 1.82) is 0 Å². The lowest BCUT2D eigenvalue weighted by Gasteiger charge is -2.16. The molecule has 4 nitrogen and oxygen atoms in total. The highest BCUT2D eigenvalue weighted by Gasteiger charge is 2.11. The Hall–Kier alpha value is -2.01. The predicted octanol–water partition coefficient (Wildman–Crippen LogP) is 3.68. The van der Waals surface area contributed by atoms with Gasteiger partial charge in [0.2, 0.25) is 0 Å². The van der Waals surface area contributed by atoms with Crippen molar-refractivity contribution in [2.45, 2.75) is 19.9 Å². The molecule has 1 unspecified atom stereocenters. The maximum Gasteiger partial charge on any atom is 0.338 e. The van der Waals surface area contributed by atoms with Crippen molar-refractivity contribution < 1.29 is 9.53 Å². The van der Waals surface area contributed by atoms with Crippen molar-refractivity contribution in [2.24, 2.45) is 0 Å². The van der Waals surface area contributed by atoms with E-state index in [1.165, 1.54) is 5.56 Å². The number of hydrogen-bond acceptors (Lipinski definition) is 5. The number of anilines is 2. The Balaban J connectivity index is 2.12. The smallest absolute Gasteiger partial charge is 0.338 e. The summed E-state index contributed by atoms with van der Waals surface area (Å²) in [5, 5.41) is 7.48. The van der Waals surface area contributed by atoms with Crippen molar-refractivity contribution in [3.63, 3.8) is 0 Å². The highest BCUT2D eigenvalue weighted by atomic mass is 32.1. The lowest BCUT2D eigenvalue weighted by Crippen LogP contribution is -2.09. The Morgan fingerprint density at radius 2 is 2.25 bits per heavy atom. The second-order valence-corrected chi connectivity index (χ2v) is 5.23. The summed E-state index contributed by atoms with van der Waals surface area (Å²) in [5.74, 6) is -0.350. The van der Waals surface area contributed by atoms with Crippen molar-refractivity contribution >= 4 is 28.7 Å². The van der Waals surface area contributed by atoms with E-state index < -0.39 is 0 Å². The highest BCUT2D eigenvalue weighted by Crippen LogP contribution is 2.26. The molecule has 0 amide bonds. The van der Waals surface area contributed by atoms with Gasteiger partial charge in [-0.2, -0.15) is 11.3 Å². The molecule has 0 saturated heterocycles. The first kappa shape index (κ1) is 14.4. The Labute approximate surface area is 122 Å². The number of nitrogen functional groups attached to an aromatic ring is 1. The fourth-order valence-electron chi connectivity index (χ4n) is 1.87. The summed E-state index contributed by atoms with van der Waals surface area (Å²) in [7, 11) is 0. The first-order valence-corrected chi connectivity index (χ1v) is 7.41. The van der Waals surface area contributed by atoms with Gasteiger partial charge in [0, 0.05) is 6.04 Å². The minimum atomic E-state index is -0.350. The summed E-state index contributed by atoms with van der Waals surface area (Å²) < 4.78 is 4.95. The van der Waals surface area contributed by atoms with Gasteiger partial charge in [0.05, 0.1) is 23.5 Å². The van der Waals surface area contributed by atoms with E-state index >= 15 is 0 Å². The first-order chi connectivity index (χ1) is 9.61. The van der Waals surface area contributed by atoms with Gasteiger partial charge in [-0.3, -0.25) is 0 Å². The van der Waals surface area contributed by atoms with Crippen LogP contribution in [0.3, 0.4) is 0 Å². The van der Waals surface area contributed by atoms with Crippen LogP contribution in [0.5, 0.6) is 0 Å². The van der Waals surface area contributed by atoms with Gasteiger partial charge in [0.1, 0.15) is 0 Å². The minimum absolute atomic E-state index is 0.164. The zero-order valence-corrected chi connectivity index (χ0v) is 12.4. The molecule has 2 rings (SSSR count). The van der Waals surface area contributed by atoms with Gasteiger partial charge in [0.25, 0.3) is 0 Å². The van der Waals surface area contributed by atoms with Crippen molar-refractivity contribution in [3.8, 4) is 0 Å². The van der Waals surface area contributed by atoms with Gasteiger partial charge in [-0.1, -0.05) is 0 Å². The predicted molar refractivity (Wildman–Crippen MR) is 83.2 cm³/mol. The molecule has 0 bridgehead atoms. The molecule has 1 aromatic carbocycles. The van der Waals surface area contributed by atoms with Gasteiger partial charge in [-0.15, -0.1) is 0 Å². The number of carbonyl (C=O) groups excluding carboxylic acids is 1. The molecule has 0 spiro atoms. The number of thiophene rings is 1. The quantitative estimate of drug-likeness (QED) is 0.651. The van der Waals surface area contributed by atoms with Crippen LogP contribution in [0.1, 0.15) is 35.8 Å². The Morgan fingerprint density at radius 1 is 1.45 bits per heavy atom. The van der Waals surface area contributed by atoms with Crippen LogP contribution >= 0.6 is 11.3 Å². The summed E-state index contributed by atoms with van der Waals surface area (Å²) in [6, 6.07) is 7.41. The topological polar surface area (TPSA) is 64.3 Å². The van der Waals surface area contributed by atoms with Crippen LogP contribution in [0, 0.1) is 0 Å². The van der Waals surface area contributed by atoms with Crippen molar-refractivity contribution in [2.75, 3.05) is 17.7 Å². The Morgan fingerprint density at radius 3 is 2.85 bits per heavy atom. The molecule has 0 fully saturated rings. The number of esters is 1. The number of carbonyl (C=O) groups is 1. The summed E-state index contributed by atoms with van der Waals surface area (Å²) >= 11 is 1.66. The number of ether oxygens (including phenoxy) is 1. The second-order valence-electron chi connectivity index (χ2n) is 4.45. The van der Waals surface area contributed by atoms with E-state index in [-0.39, 0.29) is 12.0 Å². The first-order valence-electron chi connectivity index (χ1n) is 6.47. The Bertz CT molecular complexity index is 582. The van der Waals surface area contributed by atoms with Crippen molar-refractivity contribution in [3.05, 3.63) is 46.2 Å². The number of rotatable bonds is 5. The van der Waals surface area contributed by atoms with E-state index in [2.05, 4.69) is 23.7 Å². The zero-order valence-electron chi connectivity index (χ0n) is 11.6. The van der Waals surface area contributed by atoms with E-state index in [9.17, 15) is 4.79 Å². The molecule has 5 heteroatoms. The molecular weight excluding hydrogens is 272 g/mol. The van der Waals surface area contributed by atoms with Gasteiger partial charge in [-0.25, -0.2) is 4.79 Å². The molecule has 0 saturated carbocycles. The van der Waals surface area contributed by atoms with Crippen LogP contribution in [0.25, 0.3) is 0 Å². The monoisotopic (exact) mass is 290 g/mol. The zero-order chi connectivity index (χ0) is 14.5. The van der Waals surface area contributed by atoms with Gasteiger partial charge < -0.3 is 15.8 Å². The summed E-state index contributed by atoms with van der Waals surface area (Å²) in [6.45, 7) is 4.20. The van der Waals surface area contributed by atoms with Gasteiger partial charge >= 0.3 is 5.97 Å². The van der Waals surface area contributed by atoms with E-state index in [4.69, 9.17) is 10.5 Å². The maximum atomic E-state index is 11.6. The molecular formula is C15H18N2O2S. The van der Waals surface area contributed by atoms with Crippen LogP contribution in [0.2, 0.25) is 0 Å². The third kappa shape index (κ3) is 3.30. The largest absolute Gasteiger partial charge is 0.462 e.